The standard InChI is InChI=1S/2C11H16O.C8H10S.2ClH.Ti/c2*1-8-5-6-10(12)9(7-8)11(2,3)4;1-5-6(2)8(4)9-7(5)3;;;/h2*5-7,12H,1-4H3;3H,1-2,4H3;2*1H;/q;;;;;+2/p-2. The number of hydrogen-bond donors (Lipinski definition) is 0. The smallest absolute Gasteiger partial charge is 0.147 e. The fraction of sp³-hybridized carbons (Fsp3) is 0.433. The van der Waals surface area contributed by atoms with Crippen LogP contribution in [-0.2, 0) is 29.0 Å². The second-order valence-electron chi connectivity index (χ2n) is 11.4. The zero-order chi connectivity index (χ0) is 25.4. The summed E-state index contributed by atoms with van der Waals surface area (Å²) < 4.78 is 16.0. The summed E-state index contributed by atoms with van der Waals surface area (Å²) in [6.07, 6.45) is 0. The van der Waals surface area contributed by atoms with E-state index in [9.17, 15) is 0 Å². The molecule has 198 valence electrons. The molecule has 0 atom stereocenters. The third-order valence-corrected chi connectivity index (χ3v) is 10.00. The first kappa shape index (κ1) is 32.9. The van der Waals surface area contributed by atoms with E-state index in [1.165, 1.54) is 43.1 Å². The predicted octanol–water partition coefficient (Wildman–Crippen LogP) is 9.49. The minimum Gasteiger partial charge on any atom is -0.147 e. The van der Waals surface area contributed by atoms with Crippen molar-refractivity contribution in [2.45, 2.75) is 87.0 Å². The molecule has 0 saturated heterocycles. The molecule has 0 aliphatic rings. The van der Waals surface area contributed by atoms with Crippen LogP contribution in [0.2, 0.25) is 0 Å². The summed E-state index contributed by atoms with van der Waals surface area (Å²) >= 11 is -0.802. The number of aryl methyl sites for hydroxylation is 3. The van der Waals surface area contributed by atoms with Crippen LogP contribution >= 0.6 is 36.2 Å². The van der Waals surface area contributed by atoms with E-state index in [4.69, 9.17) is 6.64 Å². The Morgan fingerprint density at radius 1 is 0.667 bits per heavy atom. The Hall–Kier alpha value is -1.10. The molecule has 0 unspecified atom stereocenters. The number of benzene rings is 2. The number of halogens is 2. The summed E-state index contributed by atoms with van der Waals surface area (Å²) in [7, 11) is 0. The van der Waals surface area contributed by atoms with E-state index < -0.39 is 18.2 Å². The Bertz CT molecular complexity index is 1160. The largest absolute Gasteiger partial charge is 0.147 e. The van der Waals surface area contributed by atoms with Crippen molar-refractivity contribution in [3.05, 3.63) is 79.5 Å². The van der Waals surface area contributed by atoms with Gasteiger partial charge in [-0.1, -0.05) is 0 Å². The zero-order valence-electron chi connectivity index (χ0n) is 23.6. The first-order valence-electron chi connectivity index (χ1n) is 12.0. The maximum Gasteiger partial charge on any atom is -0.147 e. The molecule has 3 aromatic rings. The van der Waals surface area contributed by atoms with Gasteiger partial charge in [0.2, 0.25) is 0 Å². The van der Waals surface area contributed by atoms with Crippen LogP contribution in [0.5, 0.6) is 11.5 Å². The average Bonchev–Trinajstić information content (AvgIpc) is 2.95. The Morgan fingerprint density at radius 3 is 1.42 bits per heavy atom. The van der Waals surface area contributed by atoms with Crippen molar-refractivity contribution in [1.82, 2.24) is 0 Å². The second-order valence-corrected chi connectivity index (χ2v) is 14.8. The van der Waals surface area contributed by atoms with E-state index in [2.05, 4.69) is 117 Å². The van der Waals surface area contributed by atoms with Crippen LogP contribution in [-0.4, -0.2) is 4.31 Å². The van der Waals surface area contributed by atoms with Gasteiger partial charge in [0, 0.05) is 0 Å². The fourth-order valence-electron chi connectivity index (χ4n) is 3.95. The summed E-state index contributed by atoms with van der Waals surface area (Å²) in [6.45, 7) is 24.3. The molecule has 0 aliphatic heterocycles. The second kappa shape index (κ2) is 12.6. The van der Waals surface area contributed by atoms with E-state index in [0.29, 0.717) is 0 Å². The van der Waals surface area contributed by atoms with Crippen LogP contribution < -0.4 is 6.64 Å². The topological polar surface area (TPSA) is 18.5 Å². The van der Waals surface area contributed by atoms with Gasteiger partial charge < -0.3 is 0 Å². The quantitative estimate of drug-likeness (QED) is 0.278. The molecule has 0 N–H and O–H groups in total. The molecule has 0 fully saturated rings. The van der Waals surface area contributed by atoms with Gasteiger partial charge in [0.1, 0.15) is 0 Å². The monoisotopic (exact) mass is 584 g/mol. The van der Waals surface area contributed by atoms with Crippen molar-refractivity contribution >= 4 is 40.5 Å². The molecule has 1 heterocycles. The van der Waals surface area contributed by atoms with Gasteiger partial charge in [0.15, 0.2) is 0 Å². The number of thiophene rings is 1. The average molecular weight is 586 g/mol. The van der Waals surface area contributed by atoms with Crippen molar-refractivity contribution in [3.8, 4) is 11.5 Å². The van der Waals surface area contributed by atoms with Gasteiger partial charge in [-0.05, 0) is 0 Å². The van der Waals surface area contributed by atoms with Crippen LogP contribution in [0.4, 0.5) is 0 Å². The zero-order valence-corrected chi connectivity index (χ0v) is 27.6. The molecule has 2 aromatic carbocycles. The van der Waals surface area contributed by atoms with Crippen LogP contribution in [0.3, 0.4) is 0 Å². The van der Waals surface area contributed by atoms with Crippen molar-refractivity contribution in [3.63, 3.8) is 0 Å². The van der Waals surface area contributed by atoms with E-state index in [1.807, 2.05) is 11.3 Å². The molecular weight excluding hydrogens is 543 g/mol. The fourth-order valence-corrected chi connectivity index (χ4v) is 7.77. The van der Waals surface area contributed by atoms with Crippen molar-refractivity contribution in [2.24, 2.45) is 0 Å². The molecule has 0 radical (unpaired) electrons. The van der Waals surface area contributed by atoms with Gasteiger partial charge in [-0.25, -0.2) is 0 Å². The van der Waals surface area contributed by atoms with E-state index in [-0.39, 0.29) is 35.6 Å². The van der Waals surface area contributed by atoms with Crippen LogP contribution in [0.1, 0.15) is 84.7 Å². The Labute approximate surface area is 241 Å². The molecule has 3 rings (SSSR count). The van der Waals surface area contributed by atoms with E-state index in [0.717, 1.165) is 11.5 Å². The molecule has 0 saturated carbocycles. The van der Waals surface area contributed by atoms with Gasteiger partial charge in [0.05, 0.1) is 0 Å². The van der Waals surface area contributed by atoms with Crippen LogP contribution in [0, 0.1) is 34.6 Å². The Balaban J connectivity index is 0.00000324. The first-order chi connectivity index (χ1) is 15.7. The van der Waals surface area contributed by atoms with Crippen molar-refractivity contribution < 1.29 is 24.8 Å². The Kier molecular flexibility index (Phi) is 11.6. The summed E-state index contributed by atoms with van der Waals surface area (Å²) in [6, 6.07) is 13.0. The van der Waals surface area contributed by atoms with Crippen LogP contribution in [0.25, 0.3) is 0 Å². The van der Waals surface area contributed by atoms with Crippen molar-refractivity contribution in [1.29, 1.82) is 0 Å². The van der Waals surface area contributed by atoms with Gasteiger partial charge in [0.25, 0.3) is 0 Å². The normalized spacial score (nSPS) is 11.3. The third-order valence-electron chi connectivity index (χ3n) is 6.28. The molecule has 2 nitrogen and oxygen atoms in total. The molecule has 6 heteroatoms. The molecule has 36 heavy (non-hydrogen) atoms. The molecule has 0 aliphatic carbocycles. The summed E-state index contributed by atoms with van der Waals surface area (Å²) in [5, 5.41) is 0. The first-order valence-corrected chi connectivity index (χ1v) is 15.0. The molecule has 1 aromatic heterocycles. The van der Waals surface area contributed by atoms with Gasteiger partial charge in [-0.3, -0.25) is 0 Å². The van der Waals surface area contributed by atoms with Gasteiger partial charge in [-0.15, -0.1) is 24.8 Å². The molecule has 0 spiro atoms. The third kappa shape index (κ3) is 7.95. The van der Waals surface area contributed by atoms with E-state index >= 15 is 0 Å². The van der Waals surface area contributed by atoms with E-state index in [1.54, 1.807) is 0 Å². The maximum absolute atomic E-state index is 6.83. The van der Waals surface area contributed by atoms with Crippen molar-refractivity contribution in [2.75, 3.05) is 0 Å². The SMILES string of the molecule is Cc1ccc([O][Ti](=[CH]c2sc(C)c(C)c2C)[O]c2ccc(C)cc2C(C)(C)C)c(C(C)(C)C)c1.Cl.Cl. The maximum atomic E-state index is 6.83. The molecular formula is C30H42Cl2O2STi. The Morgan fingerprint density at radius 2 is 1.08 bits per heavy atom. The summed E-state index contributed by atoms with van der Waals surface area (Å²) in [5.74, 6) is 1.88. The van der Waals surface area contributed by atoms with Gasteiger partial charge >= 0.3 is 218 Å². The minimum atomic E-state index is -2.64. The predicted molar refractivity (Wildman–Crippen MR) is 159 cm³/mol. The minimum absolute atomic E-state index is 0. The number of rotatable bonds is 5. The van der Waals surface area contributed by atoms with Gasteiger partial charge in [-0.2, -0.15) is 0 Å². The summed E-state index contributed by atoms with van der Waals surface area (Å²) in [4.78, 5) is 2.64. The molecule has 0 amide bonds. The summed E-state index contributed by atoms with van der Waals surface area (Å²) in [5.41, 5.74) is 7.61. The molecule has 0 bridgehead atoms. The van der Waals surface area contributed by atoms with Crippen LogP contribution in [0.15, 0.2) is 36.4 Å². The number of hydrogen-bond acceptors (Lipinski definition) is 3.